The summed E-state index contributed by atoms with van der Waals surface area (Å²) >= 11 is 7.07. The van der Waals surface area contributed by atoms with Crippen molar-refractivity contribution in [1.29, 1.82) is 0 Å². The lowest BCUT2D eigenvalue weighted by atomic mass is 9.89. The van der Waals surface area contributed by atoms with Crippen LogP contribution in [0.25, 0.3) is 0 Å². The van der Waals surface area contributed by atoms with Crippen LogP contribution >= 0.6 is 31.9 Å². The van der Waals surface area contributed by atoms with E-state index in [2.05, 4.69) is 50.2 Å². The fourth-order valence-electron chi connectivity index (χ4n) is 2.10. The van der Waals surface area contributed by atoms with Crippen molar-refractivity contribution in [2.24, 2.45) is 5.41 Å². The molecule has 0 atom stereocenters. The van der Waals surface area contributed by atoms with Crippen molar-refractivity contribution < 1.29 is 9.47 Å². The Morgan fingerprint density at radius 1 is 1.37 bits per heavy atom. The van der Waals surface area contributed by atoms with Crippen molar-refractivity contribution in [1.82, 2.24) is 5.32 Å². The second-order valence-electron chi connectivity index (χ2n) is 5.22. The number of benzene rings is 1. The van der Waals surface area contributed by atoms with Gasteiger partial charge in [0.2, 0.25) is 0 Å². The van der Waals surface area contributed by atoms with Crippen LogP contribution in [0.15, 0.2) is 21.1 Å². The Kier molecular flexibility index (Phi) is 5.29. The molecule has 19 heavy (non-hydrogen) atoms. The van der Waals surface area contributed by atoms with Crippen LogP contribution in [0.3, 0.4) is 0 Å². The fraction of sp³-hybridized carbons (Fsp3) is 0.571. The van der Waals surface area contributed by atoms with Gasteiger partial charge >= 0.3 is 0 Å². The minimum Gasteiger partial charge on any atom is -0.492 e. The first-order chi connectivity index (χ1) is 9.04. The lowest BCUT2D eigenvalue weighted by molar-refractivity contribution is -0.0991. The van der Waals surface area contributed by atoms with Gasteiger partial charge in [-0.3, -0.25) is 0 Å². The fourth-order valence-corrected chi connectivity index (χ4v) is 3.53. The first-order valence-corrected chi connectivity index (χ1v) is 8.02. The van der Waals surface area contributed by atoms with E-state index in [1.165, 1.54) is 0 Å². The van der Waals surface area contributed by atoms with Gasteiger partial charge in [-0.05, 0) is 35.0 Å². The van der Waals surface area contributed by atoms with E-state index in [9.17, 15) is 0 Å². The van der Waals surface area contributed by atoms with Gasteiger partial charge in [0.15, 0.2) is 0 Å². The molecule has 2 rings (SSSR count). The number of ether oxygens (including phenoxy) is 2. The zero-order chi connectivity index (χ0) is 13.9. The van der Waals surface area contributed by atoms with Crippen molar-refractivity contribution in [3.05, 3.63) is 26.6 Å². The minimum absolute atomic E-state index is 0.287. The molecule has 0 aliphatic carbocycles. The Morgan fingerprint density at radius 3 is 2.68 bits per heavy atom. The highest BCUT2D eigenvalue weighted by molar-refractivity contribution is 9.11. The van der Waals surface area contributed by atoms with Gasteiger partial charge in [0.25, 0.3) is 0 Å². The van der Waals surface area contributed by atoms with Crippen LogP contribution in [0.1, 0.15) is 19.4 Å². The van der Waals surface area contributed by atoms with Crippen LogP contribution in [0, 0.1) is 5.41 Å². The molecule has 1 saturated heterocycles. The van der Waals surface area contributed by atoms with E-state index < -0.39 is 0 Å². The average molecular weight is 393 g/mol. The summed E-state index contributed by atoms with van der Waals surface area (Å²) in [6.45, 7) is 8.35. The third-order valence-electron chi connectivity index (χ3n) is 3.14. The minimum atomic E-state index is 0.287. The van der Waals surface area contributed by atoms with E-state index in [0.29, 0.717) is 6.61 Å². The maximum absolute atomic E-state index is 5.71. The van der Waals surface area contributed by atoms with E-state index in [4.69, 9.17) is 9.47 Å². The molecule has 0 unspecified atom stereocenters. The molecular weight excluding hydrogens is 374 g/mol. The number of hydrogen-bond donors (Lipinski definition) is 1. The van der Waals surface area contributed by atoms with Gasteiger partial charge in [-0.15, -0.1) is 0 Å². The van der Waals surface area contributed by atoms with Gasteiger partial charge in [0.1, 0.15) is 5.75 Å². The lowest BCUT2D eigenvalue weighted by Crippen LogP contribution is -2.47. The summed E-state index contributed by atoms with van der Waals surface area (Å²) < 4.78 is 13.0. The van der Waals surface area contributed by atoms with Crippen LogP contribution in [0.4, 0.5) is 0 Å². The molecule has 1 fully saturated rings. The Bertz CT molecular complexity index is 447. The van der Waals surface area contributed by atoms with Crippen LogP contribution in [0.2, 0.25) is 0 Å². The summed E-state index contributed by atoms with van der Waals surface area (Å²) in [5, 5.41) is 3.50. The Morgan fingerprint density at radius 2 is 2.11 bits per heavy atom. The van der Waals surface area contributed by atoms with Gasteiger partial charge in [0, 0.05) is 28.5 Å². The Hall–Kier alpha value is -0.100. The Labute approximate surface area is 131 Å². The molecule has 1 aromatic carbocycles. The predicted octanol–water partition coefficient (Wildman–Crippen LogP) is 3.74. The molecule has 1 aliphatic heterocycles. The highest BCUT2D eigenvalue weighted by Gasteiger charge is 2.32. The monoisotopic (exact) mass is 391 g/mol. The van der Waals surface area contributed by atoms with E-state index in [1.54, 1.807) is 0 Å². The summed E-state index contributed by atoms with van der Waals surface area (Å²) in [5.74, 6) is 0.924. The van der Waals surface area contributed by atoms with Crippen molar-refractivity contribution in [2.75, 3.05) is 26.4 Å². The van der Waals surface area contributed by atoms with Crippen LogP contribution in [-0.4, -0.2) is 26.4 Å². The van der Waals surface area contributed by atoms with Crippen LogP contribution in [-0.2, 0) is 11.3 Å². The molecule has 0 amide bonds. The summed E-state index contributed by atoms with van der Waals surface area (Å²) in [6, 6.07) is 4.11. The standard InChI is InChI=1S/C14H19Br2NO2/c1-3-19-13-10(4-11(15)5-12(13)16)6-17-7-14(2)8-18-9-14/h4-5,17H,3,6-9H2,1-2H3. The van der Waals surface area contributed by atoms with E-state index >= 15 is 0 Å². The van der Waals surface area contributed by atoms with Crippen molar-refractivity contribution >= 4 is 31.9 Å². The predicted molar refractivity (Wildman–Crippen MR) is 83.6 cm³/mol. The molecule has 3 nitrogen and oxygen atoms in total. The second-order valence-corrected chi connectivity index (χ2v) is 6.99. The molecule has 0 saturated carbocycles. The van der Waals surface area contributed by atoms with E-state index in [-0.39, 0.29) is 5.41 Å². The summed E-state index contributed by atoms with van der Waals surface area (Å²) in [7, 11) is 0. The van der Waals surface area contributed by atoms with Crippen molar-refractivity contribution in [3.8, 4) is 5.75 Å². The van der Waals surface area contributed by atoms with Crippen molar-refractivity contribution in [3.63, 3.8) is 0 Å². The van der Waals surface area contributed by atoms with E-state index in [1.807, 2.05) is 13.0 Å². The highest BCUT2D eigenvalue weighted by Crippen LogP contribution is 2.33. The van der Waals surface area contributed by atoms with Gasteiger partial charge in [-0.25, -0.2) is 0 Å². The molecular formula is C14H19Br2NO2. The maximum Gasteiger partial charge on any atom is 0.138 e. The molecule has 1 aliphatic rings. The number of rotatable bonds is 6. The summed E-state index contributed by atoms with van der Waals surface area (Å²) in [6.07, 6.45) is 0. The third kappa shape index (κ3) is 3.94. The first kappa shape index (κ1) is 15.3. The van der Waals surface area contributed by atoms with Gasteiger partial charge in [0.05, 0.1) is 24.3 Å². The van der Waals surface area contributed by atoms with Crippen LogP contribution in [0.5, 0.6) is 5.75 Å². The summed E-state index contributed by atoms with van der Waals surface area (Å²) in [5.41, 5.74) is 1.45. The van der Waals surface area contributed by atoms with Gasteiger partial charge in [-0.1, -0.05) is 22.9 Å². The lowest BCUT2D eigenvalue weighted by Gasteiger charge is -2.38. The largest absolute Gasteiger partial charge is 0.492 e. The highest BCUT2D eigenvalue weighted by atomic mass is 79.9. The zero-order valence-electron chi connectivity index (χ0n) is 11.3. The smallest absolute Gasteiger partial charge is 0.138 e. The average Bonchev–Trinajstić information content (AvgIpc) is 2.31. The third-order valence-corrected chi connectivity index (χ3v) is 4.19. The maximum atomic E-state index is 5.71. The number of nitrogens with one attached hydrogen (secondary N) is 1. The molecule has 1 N–H and O–H groups in total. The molecule has 5 heteroatoms. The SMILES string of the molecule is CCOc1c(Br)cc(Br)cc1CNCC1(C)COC1. The van der Waals surface area contributed by atoms with E-state index in [0.717, 1.165) is 46.6 Å². The molecule has 0 aromatic heterocycles. The van der Waals surface area contributed by atoms with Crippen molar-refractivity contribution in [2.45, 2.75) is 20.4 Å². The zero-order valence-corrected chi connectivity index (χ0v) is 14.4. The van der Waals surface area contributed by atoms with Gasteiger partial charge < -0.3 is 14.8 Å². The van der Waals surface area contributed by atoms with Gasteiger partial charge in [-0.2, -0.15) is 0 Å². The normalized spacial score (nSPS) is 17.1. The molecule has 1 aromatic rings. The molecule has 106 valence electrons. The first-order valence-electron chi connectivity index (χ1n) is 6.43. The Balaban J connectivity index is 2.01. The van der Waals surface area contributed by atoms with Crippen LogP contribution < -0.4 is 10.1 Å². The number of hydrogen-bond acceptors (Lipinski definition) is 3. The topological polar surface area (TPSA) is 30.5 Å². The number of halogens is 2. The summed E-state index contributed by atoms with van der Waals surface area (Å²) in [4.78, 5) is 0. The second kappa shape index (κ2) is 6.57. The molecule has 0 radical (unpaired) electrons. The quantitative estimate of drug-likeness (QED) is 0.799. The molecule has 0 bridgehead atoms. The molecule has 0 spiro atoms. The molecule has 1 heterocycles.